The zero-order chi connectivity index (χ0) is 17.6. The number of carbonyl (C=O) groups excluding carboxylic acids is 1. The molecule has 0 aliphatic carbocycles. The summed E-state index contributed by atoms with van der Waals surface area (Å²) in [6.07, 6.45) is 1.09. The lowest BCUT2D eigenvalue weighted by molar-refractivity contribution is -0.144. The highest BCUT2D eigenvalue weighted by Crippen LogP contribution is 2.45. The van der Waals surface area contributed by atoms with Crippen molar-refractivity contribution < 1.29 is 15.1 Å². The second kappa shape index (κ2) is 5.90. The number of rotatable bonds is 2. The number of benzene rings is 1. The molecule has 0 saturated carbocycles. The van der Waals surface area contributed by atoms with Crippen LogP contribution in [-0.4, -0.2) is 51.4 Å². The van der Waals surface area contributed by atoms with Crippen LogP contribution in [0.3, 0.4) is 0 Å². The van der Waals surface area contributed by atoms with Gasteiger partial charge in [-0.25, -0.2) is 0 Å². The molecule has 1 aromatic rings. The maximum atomic E-state index is 13.1. The fraction of sp³-hybridized carbons (Fsp3) is 0.526. The van der Waals surface area contributed by atoms with Crippen LogP contribution in [0.1, 0.15) is 42.0 Å². The van der Waals surface area contributed by atoms with Crippen LogP contribution in [0.15, 0.2) is 17.9 Å². The lowest BCUT2D eigenvalue weighted by atomic mass is 9.84. The molecule has 0 radical (unpaired) electrons. The second-order valence-electron chi connectivity index (χ2n) is 7.03. The van der Waals surface area contributed by atoms with E-state index >= 15 is 0 Å². The van der Waals surface area contributed by atoms with Crippen molar-refractivity contribution in [3.05, 3.63) is 40.1 Å². The van der Waals surface area contributed by atoms with E-state index in [1.54, 1.807) is 4.90 Å². The summed E-state index contributed by atoms with van der Waals surface area (Å²) in [6, 6.07) is 4.10. The van der Waals surface area contributed by atoms with Crippen molar-refractivity contribution in [1.82, 2.24) is 9.96 Å². The van der Waals surface area contributed by atoms with Gasteiger partial charge in [0.15, 0.2) is 0 Å². The average molecular weight is 330 g/mol. The van der Waals surface area contributed by atoms with Gasteiger partial charge in [-0.15, -0.1) is 0 Å². The van der Waals surface area contributed by atoms with Gasteiger partial charge < -0.3 is 15.2 Å². The average Bonchev–Trinajstić information content (AvgIpc) is 2.71. The van der Waals surface area contributed by atoms with Gasteiger partial charge in [0, 0.05) is 19.6 Å². The molecule has 1 saturated heterocycles. The van der Waals surface area contributed by atoms with E-state index in [4.69, 9.17) is 0 Å². The Bertz CT molecular complexity index is 692. The predicted octanol–water partition coefficient (Wildman–Crippen LogP) is 2.97. The Morgan fingerprint density at radius 1 is 1.12 bits per heavy atom. The molecule has 2 aliphatic heterocycles. The van der Waals surface area contributed by atoms with Crippen LogP contribution in [0.4, 0.5) is 0 Å². The quantitative estimate of drug-likeness (QED) is 0.875. The number of carbonyl (C=O) groups is 1. The number of likely N-dealkylation sites (N-methyl/N-ethyl adjacent to an activating group) is 1. The number of nitrogens with zero attached hydrogens (tertiary/aromatic N) is 2. The Balaban J connectivity index is 2.17. The van der Waals surface area contributed by atoms with Gasteiger partial charge in [0.2, 0.25) is 0 Å². The Labute approximate surface area is 143 Å². The Morgan fingerprint density at radius 3 is 2.17 bits per heavy atom. The topological polar surface area (TPSA) is 64.0 Å². The Hall–Kier alpha value is -1.85. The normalized spacial score (nSPS) is 21.2. The van der Waals surface area contributed by atoms with Crippen molar-refractivity contribution in [1.29, 1.82) is 0 Å². The van der Waals surface area contributed by atoms with Crippen LogP contribution >= 0.6 is 0 Å². The second-order valence-corrected chi connectivity index (χ2v) is 7.03. The molecule has 1 amide bonds. The monoisotopic (exact) mass is 330 g/mol. The highest BCUT2D eigenvalue weighted by atomic mass is 16.5. The maximum Gasteiger partial charge on any atom is 0.258 e. The lowest BCUT2D eigenvalue weighted by Crippen LogP contribution is -2.54. The van der Waals surface area contributed by atoms with Gasteiger partial charge in [-0.05, 0) is 57.2 Å². The minimum Gasteiger partial charge on any atom is -0.509 e. The first-order valence-electron chi connectivity index (χ1n) is 8.59. The SMILES string of the molecule is CCN1C(=O)C(c2c(C)cc(C)cc2C)=C(O)C12CCN(O)CC2. The van der Waals surface area contributed by atoms with Crippen molar-refractivity contribution >= 4 is 11.5 Å². The molecule has 130 valence electrons. The maximum absolute atomic E-state index is 13.1. The summed E-state index contributed by atoms with van der Waals surface area (Å²) in [7, 11) is 0. The Kier molecular flexibility index (Phi) is 4.18. The molecule has 3 rings (SSSR count). The van der Waals surface area contributed by atoms with E-state index in [1.165, 1.54) is 5.06 Å². The molecule has 2 aliphatic rings. The van der Waals surface area contributed by atoms with Crippen molar-refractivity contribution in [2.45, 2.75) is 46.1 Å². The predicted molar refractivity (Wildman–Crippen MR) is 92.9 cm³/mol. The van der Waals surface area contributed by atoms with E-state index in [2.05, 4.69) is 0 Å². The fourth-order valence-electron chi connectivity index (χ4n) is 4.41. The van der Waals surface area contributed by atoms with Gasteiger partial charge in [0.05, 0.1) is 5.57 Å². The molecule has 0 unspecified atom stereocenters. The van der Waals surface area contributed by atoms with E-state index in [0.29, 0.717) is 38.0 Å². The summed E-state index contributed by atoms with van der Waals surface area (Å²) in [5.41, 5.74) is 3.78. The van der Waals surface area contributed by atoms with Crippen LogP contribution in [0, 0.1) is 20.8 Å². The van der Waals surface area contributed by atoms with Gasteiger partial charge in [-0.1, -0.05) is 17.7 Å². The lowest BCUT2D eigenvalue weighted by Gasteiger charge is -2.42. The van der Waals surface area contributed by atoms with Gasteiger partial charge >= 0.3 is 0 Å². The number of hydroxylamine groups is 2. The summed E-state index contributed by atoms with van der Waals surface area (Å²) in [5.74, 6) is 0.0777. The Morgan fingerprint density at radius 2 is 1.67 bits per heavy atom. The molecule has 0 aromatic heterocycles. The van der Waals surface area contributed by atoms with Crippen LogP contribution in [0.25, 0.3) is 5.57 Å². The van der Waals surface area contributed by atoms with Crippen LogP contribution in [0.5, 0.6) is 0 Å². The highest BCUT2D eigenvalue weighted by Gasteiger charge is 2.53. The number of aliphatic hydroxyl groups excluding tert-OH is 1. The molecule has 2 heterocycles. The molecule has 1 fully saturated rings. The minimum atomic E-state index is -0.676. The van der Waals surface area contributed by atoms with Gasteiger partial charge in [0.1, 0.15) is 11.3 Å². The number of aryl methyl sites for hydroxylation is 3. The van der Waals surface area contributed by atoms with E-state index in [1.807, 2.05) is 39.8 Å². The molecule has 0 atom stereocenters. The van der Waals surface area contributed by atoms with E-state index in [0.717, 1.165) is 22.3 Å². The number of hydrogen-bond acceptors (Lipinski definition) is 4. The zero-order valence-corrected chi connectivity index (χ0v) is 14.9. The van der Waals surface area contributed by atoms with Gasteiger partial charge in [-0.3, -0.25) is 4.79 Å². The largest absolute Gasteiger partial charge is 0.509 e. The number of aliphatic hydroxyl groups is 1. The number of hydrogen-bond donors (Lipinski definition) is 2. The standard InChI is InChI=1S/C19H26N2O3/c1-5-21-18(23)16(15-13(3)10-12(2)11-14(15)4)17(22)19(21)6-8-20(24)9-7-19/h10-11,22,24H,5-9H2,1-4H3. The highest BCUT2D eigenvalue weighted by molar-refractivity contribution is 6.23. The molecular weight excluding hydrogens is 304 g/mol. The molecule has 24 heavy (non-hydrogen) atoms. The van der Waals surface area contributed by atoms with E-state index < -0.39 is 5.54 Å². The molecule has 2 N–H and O–H groups in total. The van der Waals surface area contributed by atoms with Crippen molar-refractivity contribution in [3.63, 3.8) is 0 Å². The van der Waals surface area contributed by atoms with Crippen LogP contribution in [0.2, 0.25) is 0 Å². The fourth-order valence-corrected chi connectivity index (χ4v) is 4.41. The third-order valence-electron chi connectivity index (χ3n) is 5.46. The minimum absolute atomic E-state index is 0.101. The number of amides is 1. The van der Waals surface area contributed by atoms with Crippen molar-refractivity contribution in [2.75, 3.05) is 19.6 Å². The third kappa shape index (κ3) is 2.34. The van der Waals surface area contributed by atoms with E-state index in [-0.39, 0.29) is 11.7 Å². The summed E-state index contributed by atoms with van der Waals surface area (Å²) < 4.78 is 0. The van der Waals surface area contributed by atoms with Gasteiger partial charge in [0.25, 0.3) is 5.91 Å². The third-order valence-corrected chi connectivity index (χ3v) is 5.46. The smallest absolute Gasteiger partial charge is 0.258 e. The first kappa shape index (κ1) is 17.0. The molecule has 1 aromatic carbocycles. The molecular formula is C19H26N2O3. The van der Waals surface area contributed by atoms with Crippen LogP contribution in [-0.2, 0) is 4.79 Å². The summed E-state index contributed by atoms with van der Waals surface area (Å²) in [4.78, 5) is 14.9. The van der Waals surface area contributed by atoms with E-state index in [9.17, 15) is 15.1 Å². The molecule has 1 spiro atoms. The molecule has 5 heteroatoms. The number of piperidine rings is 1. The zero-order valence-electron chi connectivity index (χ0n) is 14.9. The molecule has 5 nitrogen and oxygen atoms in total. The van der Waals surface area contributed by atoms with Crippen LogP contribution < -0.4 is 0 Å². The summed E-state index contributed by atoms with van der Waals surface area (Å²) in [6.45, 7) is 9.39. The first-order chi connectivity index (χ1) is 11.3. The van der Waals surface area contributed by atoms with Crippen molar-refractivity contribution in [2.24, 2.45) is 0 Å². The van der Waals surface area contributed by atoms with Gasteiger partial charge in [-0.2, -0.15) is 5.06 Å². The first-order valence-corrected chi connectivity index (χ1v) is 8.59. The summed E-state index contributed by atoms with van der Waals surface area (Å²) >= 11 is 0. The van der Waals surface area contributed by atoms with Crippen molar-refractivity contribution in [3.8, 4) is 0 Å². The molecule has 0 bridgehead atoms. The summed E-state index contributed by atoms with van der Waals surface area (Å²) in [5, 5.41) is 22.1.